The second-order valence-electron chi connectivity index (χ2n) is 6.24. The Balaban J connectivity index is 1.61. The molecule has 0 atom stereocenters. The first-order chi connectivity index (χ1) is 13.5. The van der Waals surface area contributed by atoms with E-state index in [0.29, 0.717) is 33.2 Å². The Kier molecular flexibility index (Phi) is 6.99. The van der Waals surface area contributed by atoms with Gasteiger partial charge in [0.05, 0.1) is 18.1 Å². The number of nitrogens with zero attached hydrogens (tertiary/aromatic N) is 1. The minimum absolute atomic E-state index is 0.118. The van der Waals surface area contributed by atoms with Gasteiger partial charge in [0.1, 0.15) is 15.8 Å². The number of aryl methyl sites for hydroxylation is 1. The first-order valence-electron chi connectivity index (χ1n) is 8.78. The topological polar surface area (TPSA) is 38.8 Å². The molecule has 0 saturated carbocycles. The maximum absolute atomic E-state index is 12.2. The quantitative estimate of drug-likeness (QED) is 0.335. The lowest BCUT2D eigenvalue weighted by atomic mass is 10.2. The summed E-state index contributed by atoms with van der Waals surface area (Å²) in [5.41, 5.74) is 1.86. The summed E-state index contributed by atoms with van der Waals surface area (Å²) in [6.45, 7) is 3.07. The molecule has 1 aliphatic heterocycles. The maximum Gasteiger partial charge on any atom is 0.265 e. The number of benzene rings is 2. The van der Waals surface area contributed by atoms with Gasteiger partial charge in [-0.1, -0.05) is 53.8 Å². The molecule has 28 heavy (non-hydrogen) atoms. The molecular weight excluding hydrogens is 414 g/mol. The lowest BCUT2D eigenvalue weighted by Gasteiger charge is -2.12. The van der Waals surface area contributed by atoms with Crippen LogP contribution in [0.15, 0.2) is 47.4 Å². The third-order valence-electron chi connectivity index (χ3n) is 4.14. The number of ether oxygens (including phenoxy) is 2. The van der Waals surface area contributed by atoms with Gasteiger partial charge in [0, 0.05) is 24.1 Å². The van der Waals surface area contributed by atoms with Crippen LogP contribution < -0.4 is 9.47 Å². The van der Waals surface area contributed by atoms with Crippen LogP contribution >= 0.6 is 35.6 Å². The van der Waals surface area contributed by atoms with Gasteiger partial charge in [-0.2, -0.15) is 0 Å². The molecule has 0 unspecified atom stereocenters. The van der Waals surface area contributed by atoms with E-state index in [2.05, 4.69) is 0 Å². The van der Waals surface area contributed by atoms with Crippen LogP contribution in [0.1, 0.15) is 17.5 Å². The molecular formula is C21H20ClNO3S2. The van der Waals surface area contributed by atoms with Crippen LogP contribution in [0.2, 0.25) is 5.02 Å². The molecule has 1 aliphatic rings. The van der Waals surface area contributed by atoms with Crippen LogP contribution in [0.3, 0.4) is 0 Å². The summed E-state index contributed by atoms with van der Waals surface area (Å²) in [6, 6.07) is 13.3. The third kappa shape index (κ3) is 5.07. The van der Waals surface area contributed by atoms with E-state index >= 15 is 0 Å². The summed E-state index contributed by atoms with van der Waals surface area (Å²) in [5.74, 6) is 1.44. The number of thiocarbonyl (C=S) groups is 1. The lowest BCUT2D eigenvalue weighted by Crippen LogP contribution is -2.22. The number of thioether (sulfide) groups is 1. The fourth-order valence-corrected chi connectivity index (χ4v) is 3.94. The minimum Gasteiger partial charge on any atom is -0.493 e. The molecule has 0 N–H and O–H groups in total. The van der Waals surface area contributed by atoms with Crippen LogP contribution in [-0.2, 0) is 4.79 Å². The molecule has 2 aromatic carbocycles. The van der Waals surface area contributed by atoms with Gasteiger partial charge in [0.15, 0.2) is 0 Å². The maximum atomic E-state index is 12.2. The Hall–Kier alpha value is -2.02. The van der Waals surface area contributed by atoms with Gasteiger partial charge in [-0.3, -0.25) is 9.69 Å². The van der Waals surface area contributed by atoms with Crippen molar-refractivity contribution < 1.29 is 14.3 Å². The number of hydrogen-bond acceptors (Lipinski definition) is 5. The number of likely N-dealkylation sites (N-methyl/N-ethyl adjacent to an activating group) is 1. The monoisotopic (exact) mass is 433 g/mol. The first-order valence-corrected chi connectivity index (χ1v) is 10.4. The molecule has 1 amide bonds. The van der Waals surface area contributed by atoms with Gasteiger partial charge in [-0.05, 0) is 42.8 Å². The van der Waals surface area contributed by atoms with Gasteiger partial charge >= 0.3 is 0 Å². The second kappa shape index (κ2) is 9.45. The van der Waals surface area contributed by atoms with Gasteiger partial charge in [-0.15, -0.1) is 0 Å². The number of carbonyl (C=O) groups excluding carboxylic acids is 1. The van der Waals surface area contributed by atoms with Crippen LogP contribution in [0.5, 0.6) is 11.5 Å². The smallest absolute Gasteiger partial charge is 0.265 e. The summed E-state index contributed by atoms with van der Waals surface area (Å²) in [5, 5.41) is 0.577. The average molecular weight is 434 g/mol. The highest BCUT2D eigenvalue weighted by molar-refractivity contribution is 8.26. The van der Waals surface area contributed by atoms with E-state index in [4.69, 9.17) is 33.3 Å². The highest BCUT2D eigenvalue weighted by Crippen LogP contribution is 2.34. The molecule has 3 rings (SSSR count). The van der Waals surface area contributed by atoms with Crippen molar-refractivity contribution in [3.8, 4) is 11.5 Å². The first kappa shape index (κ1) is 20.7. The highest BCUT2D eigenvalue weighted by Gasteiger charge is 2.28. The summed E-state index contributed by atoms with van der Waals surface area (Å²) in [6.07, 6.45) is 2.50. The molecule has 0 aliphatic carbocycles. The Labute approximate surface area is 179 Å². The predicted molar refractivity (Wildman–Crippen MR) is 119 cm³/mol. The summed E-state index contributed by atoms with van der Waals surface area (Å²) in [7, 11) is 1.67. The SMILES string of the molecule is Cc1ccccc1OCCCOc1ccc(Cl)cc1C=C1SC(=S)N(C)C1=O. The second-order valence-corrected chi connectivity index (χ2v) is 8.35. The van der Waals surface area contributed by atoms with E-state index in [1.54, 1.807) is 25.3 Å². The van der Waals surface area contributed by atoms with Crippen molar-refractivity contribution in [2.75, 3.05) is 20.3 Å². The van der Waals surface area contributed by atoms with Crippen molar-refractivity contribution in [1.29, 1.82) is 0 Å². The summed E-state index contributed by atoms with van der Waals surface area (Å²) < 4.78 is 12.2. The molecule has 146 valence electrons. The van der Waals surface area contributed by atoms with Crippen LogP contribution in [0, 0.1) is 6.92 Å². The number of hydrogen-bond donors (Lipinski definition) is 0. The van der Waals surface area contributed by atoms with Crippen molar-refractivity contribution in [3.05, 3.63) is 63.5 Å². The number of halogens is 1. The number of para-hydroxylation sites is 1. The normalized spacial score (nSPS) is 15.4. The van der Waals surface area contributed by atoms with E-state index in [1.807, 2.05) is 37.3 Å². The molecule has 0 bridgehead atoms. The summed E-state index contributed by atoms with van der Waals surface area (Å²) in [4.78, 5) is 14.3. The number of carbonyl (C=O) groups is 1. The highest BCUT2D eigenvalue weighted by atomic mass is 35.5. The van der Waals surface area contributed by atoms with Crippen LogP contribution in [0.4, 0.5) is 0 Å². The molecule has 1 fully saturated rings. The zero-order chi connectivity index (χ0) is 20.1. The molecule has 7 heteroatoms. The Morgan fingerprint density at radius 3 is 2.54 bits per heavy atom. The van der Waals surface area contributed by atoms with Gasteiger partial charge in [-0.25, -0.2) is 0 Å². The Morgan fingerprint density at radius 1 is 1.14 bits per heavy atom. The van der Waals surface area contributed by atoms with Gasteiger partial charge in [0.25, 0.3) is 5.91 Å². The lowest BCUT2D eigenvalue weighted by molar-refractivity contribution is -0.121. The molecule has 0 radical (unpaired) electrons. The average Bonchev–Trinajstić information content (AvgIpc) is 2.91. The summed E-state index contributed by atoms with van der Waals surface area (Å²) >= 11 is 12.6. The number of amides is 1. The van der Waals surface area contributed by atoms with Crippen molar-refractivity contribution in [3.63, 3.8) is 0 Å². The fraction of sp³-hybridized carbons (Fsp3) is 0.238. The van der Waals surface area contributed by atoms with Crippen molar-refractivity contribution >= 4 is 51.9 Å². The molecule has 1 saturated heterocycles. The molecule has 1 heterocycles. The zero-order valence-electron chi connectivity index (χ0n) is 15.6. The van der Waals surface area contributed by atoms with E-state index in [9.17, 15) is 4.79 Å². The zero-order valence-corrected chi connectivity index (χ0v) is 18.0. The van der Waals surface area contributed by atoms with Crippen LogP contribution in [0.25, 0.3) is 6.08 Å². The molecule has 0 aromatic heterocycles. The predicted octanol–water partition coefficient (Wildman–Crippen LogP) is 5.33. The van der Waals surface area contributed by atoms with Crippen LogP contribution in [-0.4, -0.2) is 35.4 Å². The fourth-order valence-electron chi connectivity index (χ4n) is 2.59. The van der Waals surface area contributed by atoms with Crippen molar-refractivity contribution in [2.24, 2.45) is 0 Å². The van der Waals surface area contributed by atoms with E-state index in [-0.39, 0.29) is 5.91 Å². The molecule has 2 aromatic rings. The van der Waals surface area contributed by atoms with Gasteiger partial charge in [0.2, 0.25) is 0 Å². The van der Waals surface area contributed by atoms with E-state index in [1.165, 1.54) is 16.7 Å². The number of rotatable bonds is 7. The molecule has 0 spiro atoms. The standard InChI is InChI=1S/C21H20ClNO3S2/c1-14-6-3-4-7-17(14)25-10-5-11-26-18-9-8-16(22)12-15(18)13-19-20(24)23(2)21(27)28-19/h3-4,6-9,12-13H,5,10-11H2,1-2H3. The minimum atomic E-state index is -0.118. The third-order valence-corrected chi connectivity index (χ3v) is 5.86. The Bertz CT molecular complexity index is 930. The van der Waals surface area contributed by atoms with Crippen molar-refractivity contribution in [1.82, 2.24) is 4.90 Å². The van der Waals surface area contributed by atoms with E-state index < -0.39 is 0 Å². The van der Waals surface area contributed by atoms with E-state index in [0.717, 1.165) is 23.3 Å². The Morgan fingerprint density at radius 2 is 1.86 bits per heavy atom. The van der Waals surface area contributed by atoms with Crippen molar-refractivity contribution in [2.45, 2.75) is 13.3 Å². The molecule has 4 nitrogen and oxygen atoms in total. The van der Waals surface area contributed by atoms with Gasteiger partial charge < -0.3 is 9.47 Å². The largest absolute Gasteiger partial charge is 0.493 e.